The molecule has 0 radical (unpaired) electrons. The molecule has 0 aliphatic rings. The number of hydrogen-bond acceptors (Lipinski definition) is 1. The van der Waals surface area contributed by atoms with Crippen molar-refractivity contribution in [3.63, 3.8) is 0 Å². The molecule has 0 bridgehead atoms. The van der Waals surface area contributed by atoms with Gasteiger partial charge in [0.2, 0.25) is 0 Å². The lowest BCUT2D eigenvalue weighted by Crippen LogP contribution is -1.85. The first-order valence-corrected chi connectivity index (χ1v) is 5.65. The van der Waals surface area contributed by atoms with Gasteiger partial charge in [-0.25, -0.2) is 4.79 Å². The van der Waals surface area contributed by atoms with E-state index in [0.717, 1.165) is 12.5 Å². The molecule has 0 saturated heterocycles. The Morgan fingerprint density at radius 1 is 0.944 bits per heavy atom. The van der Waals surface area contributed by atoms with Crippen LogP contribution in [0.3, 0.4) is 0 Å². The zero-order valence-electron chi connectivity index (χ0n) is 10.1. The topological polar surface area (TPSA) is 37.3 Å². The van der Waals surface area contributed by atoms with Gasteiger partial charge in [0.05, 0.1) is 0 Å². The fourth-order valence-electron chi connectivity index (χ4n) is 1.43. The van der Waals surface area contributed by atoms with Crippen molar-refractivity contribution in [3.05, 3.63) is 84.4 Å². The minimum absolute atomic E-state index is 0.833. The number of carboxylic acid groups (broad SMARTS) is 1. The number of hydrogen-bond donors (Lipinski definition) is 1. The minimum atomic E-state index is -0.981. The lowest BCUT2D eigenvalue weighted by molar-refractivity contribution is -0.131. The molecule has 0 fully saturated rings. The lowest BCUT2D eigenvalue weighted by Gasteiger charge is -2.00. The van der Waals surface area contributed by atoms with E-state index in [2.05, 4.69) is 67.2 Å². The van der Waals surface area contributed by atoms with Gasteiger partial charge in [-0.2, -0.15) is 0 Å². The molecule has 2 heteroatoms. The Morgan fingerprint density at radius 2 is 1.28 bits per heavy atom. The van der Waals surface area contributed by atoms with Gasteiger partial charge in [0.25, 0.3) is 0 Å². The summed E-state index contributed by atoms with van der Waals surface area (Å²) in [6.45, 7) is 2.96. The summed E-state index contributed by atoms with van der Waals surface area (Å²) in [5, 5.41) is 7.60. The van der Waals surface area contributed by atoms with Crippen molar-refractivity contribution in [2.24, 2.45) is 0 Å². The van der Waals surface area contributed by atoms with E-state index in [9.17, 15) is 4.79 Å². The van der Waals surface area contributed by atoms with Crippen LogP contribution < -0.4 is 0 Å². The lowest BCUT2D eigenvalue weighted by atomic mass is 10.1. The Balaban J connectivity index is 0.000000280. The number of rotatable bonds is 3. The molecular formula is C16H16O2. The van der Waals surface area contributed by atoms with E-state index in [1.165, 1.54) is 11.1 Å². The molecule has 2 aromatic rings. The summed E-state index contributed by atoms with van der Waals surface area (Å²) in [6, 6.07) is 21.1. The number of aliphatic carboxylic acids is 1. The number of carboxylic acids is 1. The van der Waals surface area contributed by atoms with Gasteiger partial charge in [0.1, 0.15) is 0 Å². The fourth-order valence-corrected chi connectivity index (χ4v) is 1.43. The quantitative estimate of drug-likeness (QED) is 0.833. The first-order chi connectivity index (χ1) is 8.72. The van der Waals surface area contributed by atoms with Crippen LogP contribution in [-0.4, -0.2) is 11.1 Å². The van der Waals surface area contributed by atoms with Gasteiger partial charge in [0.15, 0.2) is 0 Å². The van der Waals surface area contributed by atoms with Gasteiger partial charge in [-0.15, -0.1) is 0 Å². The van der Waals surface area contributed by atoms with Gasteiger partial charge in [-0.1, -0.05) is 67.2 Å². The molecule has 0 aromatic heterocycles. The average molecular weight is 240 g/mol. The van der Waals surface area contributed by atoms with Crippen molar-refractivity contribution < 1.29 is 9.90 Å². The fraction of sp³-hybridized carbons (Fsp3) is 0.0625. The van der Waals surface area contributed by atoms with Gasteiger partial charge >= 0.3 is 5.97 Å². The molecule has 0 aliphatic carbocycles. The van der Waals surface area contributed by atoms with Crippen molar-refractivity contribution >= 4 is 5.97 Å². The molecule has 0 aliphatic heterocycles. The van der Waals surface area contributed by atoms with Gasteiger partial charge in [-0.05, 0) is 17.5 Å². The summed E-state index contributed by atoms with van der Waals surface area (Å²) >= 11 is 0. The molecule has 0 heterocycles. The molecule has 1 N–H and O–H groups in total. The second kappa shape index (κ2) is 7.85. The van der Waals surface area contributed by atoms with Crippen LogP contribution in [0.25, 0.3) is 0 Å². The number of benzene rings is 2. The van der Waals surface area contributed by atoms with Crippen LogP contribution in [0, 0.1) is 0 Å². The monoisotopic (exact) mass is 240 g/mol. The predicted octanol–water partition coefficient (Wildman–Crippen LogP) is 3.53. The second-order valence-corrected chi connectivity index (χ2v) is 3.69. The molecule has 0 unspecified atom stereocenters. The van der Waals surface area contributed by atoms with Crippen LogP contribution >= 0.6 is 0 Å². The van der Waals surface area contributed by atoms with E-state index in [0.29, 0.717) is 0 Å². The smallest absolute Gasteiger partial charge is 0.327 e. The Hall–Kier alpha value is -2.35. The third-order valence-electron chi connectivity index (χ3n) is 2.27. The van der Waals surface area contributed by atoms with Crippen LogP contribution in [0.2, 0.25) is 0 Å². The van der Waals surface area contributed by atoms with E-state index in [1.54, 1.807) is 0 Å². The molecule has 2 aromatic carbocycles. The summed E-state index contributed by atoms with van der Waals surface area (Å²) in [7, 11) is 0. The van der Waals surface area contributed by atoms with E-state index in [4.69, 9.17) is 5.11 Å². The van der Waals surface area contributed by atoms with Crippen molar-refractivity contribution in [2.75, 3.05) is 0 Å². The summed E-state index contributed by atoms with van der Waals surface area (Å²) < 4.78 is 0. The zero-order valence-corrected chi connectivity index (χ0v) is 10.1. The third-order valence-corrected chi connectivity index (χ3v) is 2.27. The van der Waals surface area contributed by atoms with E-state index < -0.39 is 5.97 Å². The standard InChI is InChI=1S/C13H12.C3H4O2/c1-3-7-12(8-4-1)11-13-9-5-2-6-10-13;1-2-3(4)5/h1-10H,11H2;2H,1H2,(H,4,5). The van der Waals surface area contributed by atoms with Crippen molar-refractivity contribution in [1.29, 1.82) is 0 Å². The first kappa shape index (κ1) is 13.7. The van der Waals surface area contributed by atoms with E-state index in [1.807, 2.05) is 0 Å². The highest BCUT2D eigenvalue weighted by molar-refractivity contribution is 5.78. The van der Waals surface area contributed by atoms with Crippen molar-refractivity contribution in [3.8, 4) is 0 Å². The molecule has 0 spiro atoms. The summed E-state index contributed by atoms with van der Waals surface area (Å²) in [5.74, 6) is -0.981. The second-order valence-electron chi connectivity index (χ2n) is 3.69. The Bertz CT molecular complexity index is 437. The van der Waals surface area contributed by atoms with Gasteiger partial charge < -0.3 is 5.11 Å². The molecular weight excluding hydrogens is 224 g/mol. The highest BCUT2D eigenvalue weighted by Crippen LogP contribution is 2.07. The number of carbonyl (C=O) groups is 1. The largest absolute Gasteiger partial charge is 0.478 e. The normalized spacial score (nSPS) is 8.89. The molecule has 0 saturated carbocycles. The maximum absolute atomic E-state index is 9.25. The molecule has 2 rings (SSSR count). The molecule has 0 amide bonds. The van der Waals surface area contributed by atoms with Crippen molar-refractivity contribution in [1.82, 2.24) is 0 Å². The third kappa shape index (κ3) is 5.66. The molecule has 2 nitrogen and oxygen atoms in total. The first-order valence-electron chi connectivity index (χ1n) is 5.65. The van der Waals surface area contributed by atoms with Gasteiger partial charge in [0, 0.05) is 6.08 Å². The summed E-state index contributed by atoms with van der Waals surface area (Å²) in [6.07, 6.45) is 1.86. The van der Waals surface area contributed by atoms with Crippen LogP contribution in [0.15, 0.2) is 73.3 Å². The molecule has 0 atom stereocenters. The van der Waals surface area contributed by atoms with Crippen LogP contribution in [0.4, 0.5) is 0 Å². The maximum Gasteiger partial charge on any atom is 0.327 e. The van der Waals surface area contributed by atoms with E-state index >= 15 is 0 Å². The van der Waals surface area contributed by atoms with E-state index in [-0.39, 0.29) is 0 Å². The Labute approximate surface area is 107 Å². The molecule has 92 valence electrons. The van der Waals surface area contributed by atoms with Crippen LogP contribution in [-0.2, 0) is 11.2 Å². The maximum atomic E-state index is 9.25. The van der Waals surface area contributed by atoms with Crippen LogP contribution in [0.1, 0.15) is 11.1 Å². The zero-order chi connectivity index (χ0) is 13.2. The Kier molecular flexibility index (Phi) is 5.98. The summed E-state index contributed by atoms with van der Waals surface area (Å²) in [4.78, 5) is 9.25. The molecule has 18 heavy (non-hydrogen) atoms. The average Bonchev–Trinajstić information content (AvgIpc) is 2.42. The Morgan fingerprint density at radius 3 is 1.56 bits per heavy atom. The highest BCUT2D eigenvalue weighted by atomic mass is 16.4. The van der Waals surface area contributed by atoms with Crippen molar-refractivity contribution in [2.45, 2.75) is 6.42 Å². The van der Waals surface area contributed by atoms with Gasteiger partial charge in [-0.3, -0.25) is 0 Å². The predicted molar refractivity (Wildman–Crippen MR) is 73.5 cm³/mol. The van der Waals surface area contributed by atoms with Crippen LogP contribution in [0.5, 0.6) is 0 Å². The minimum Gasteiger partial charge on any atom is -0.478 e. The summed E-state index contributed by atoms with van der Waals surface area (Å²) in [5.41, 5.74) is 2.74. The highest BCUT2D eigenvalue weighted by Gasteiger charge is 1.92. The SMILES string of the molecule is C=CC(=O)O.c1ccc(Cc2ccccc2)cc1.